The fourth-order valence-corrected chi connectivity index (χ4v) is 3.87. The number of aryl methyl sites for hydroxylation is 1. The Bertz CT molecular complexity index is 687. The van der Waals surface area contributed by atoms with Crippen LogP contribution >= 0.6 is 38.6 Å². The molecule has 1 aromatic carbocycles. The lowest BCUT2D eigenvalue weighted by Gasteiger charge is -2.04. The van der Waals surface area contributed by atoms with Gasteiger partial charge in [-0.05, 0) is 58.1 Å². The van der Waals surface area contributed by atoms with E-state index in [1.807, 2.05) is 6.92 Å². The van der Waals surface area contributed by atoms with Gasteiger partial charge in [0.05, 0.1) is 19.0 Å². The van der Waals surface area contributed by atoms with Gasteiger partial charge < -0.3 is 5.32 Å². The molecule has 0 saturated heterocycles. The van der Waals surface area contributed by atoms with E-state index in [0.29, 0.717) is 0 Å². The summed E-state index contributed by atoms with van der Waals surface area (Å²) in [6.07, 6.45) is 0. The number of fused-ring (bicyclic) bond motifs is 1. The first-order valence-corrected chi connectivity index (χ1v) is 8.03. The maximum absolute atomic E-state index is 4.46. The SMILES string of the molecule is Cc1nc2ccc(NCc3csc(Br)c3)cc2s1. The van der Waals surface area contributed by atoms with E-state index >= 15 is 0 Å². The quantitative estimate of drug-likeness (QED) is 0.723. The number of nitrogens with zero attached hydrogens (tertiary/aromatic N) is 1. The first-order chi connectivity index (χ1) is 8.70. The highest BCUT2D eigenvalue weighted by atomic mass is 79.9. The zero-order valence-electron chi connectivity index (χ0n) is 9.74. The van der Waals surface area contributed by atoms with Crippen molar-refractivity contribution in [2.45, 2.75) is 13.5 Å². The van der Waals surface area contributed by atoms with Gasteiger partial charge in [-0.2, -0.15) is 0 Å². The van der Waals surface area contributed by atoms with Gasteiger partial charge >= 0.3 is 0 Å². The Hall–Kier alpha value is -0.910. The van der Waals surface area contributed by atoms with Gasteiger partial charge in [-0.25, -0.2) is 4.98 Å². The van der Waals surface area contributed by atoms with Crippen molar-refractivity contribution in [2.24, 2.45) is 0 Å². The van der Waals surface area contributed by atoms with Crippen molar-refractivity contribution >= 4 is 54.5 Å². The molecule has 92 valence electrons. The molecule has 5 heteroatoms. The lowest BCUT2D eigenvalue weighted by Crippen LogP contribution is -1.97. The molecule has 2 aromatic heterocycles. The molecule has 1 N–H and O–H groups in total. The number of thiazole rings is 1. The van der Waals surface area contributed by atoms with Crippen LogP contribution in [0.2, 0.25) is 0 Å². The third kappa shape index (κ3) is 2.58. The van der Waals surface area contributed by atoms with E-state index in [4.69, 9.17) is 0 Å². The topological polar surface area (TPSA) is 24.9 Å². The predicted octanol–water partition coefficient (Wildman–Crippen LogP) is 5.04. The lowest BCUT2D eigenvalue weighted by molar-refractivity contribution is 1.16. The van der Waals surface area contributed by atoms with Crippen LogP contribution in [0.3, 0.4) is 0 Å². The first kappa shape index (κ1) is 12.1. The Morgan fingerprint density at radius 3 is 3.00 bits per heavy atom. The van der Waals surface area contributed by atoms with Gasteiger partial charge in [0.15, 0.2) is 0 Å². The van der Waals surface area contributed by atoms with Crippen LogP contribution in [0.15, 0.2) is 33.4 Å². The maximum atomic E-state index is 4.46. The zero-order valence-corrected chi connectivity index (χ0v) is 13.0. The van der Waals surface area contributed by atoms with Gasteiger partial charge in [0.1, 0.15) is 0 Å². The molecule has 0 atom stereocenters. The minimum Gasteiger partial charge on any atom is -0.381 e. The molecule has 0 aliphatic heterocycles. The third-order valence-corrected chi connectivity index (χ3v) is 5.10. The van der Waals surface area contributed by atoms with Crippen molar-refractivity contribution in [1.29, 1.82) is 0 Å². The average Bonchev–Trinajstić information content (AvgIpc) is 2.90. The van der Waals surface area contributed by atoms with Gasteiger partial charge in [0, 0.05) is 12.2 Å². The van der Waals surface area contributed by atoms with Gasteiger partial charge in [-0.1, -0.05) is 0 Å². The highest BCUT2D eigenvalue weighted by Gasteiger charge is 2.02. The highest BCUT2D eigenvalue weighted by molar-refractivity contribution is 9.11. The number of anilines is 1. The van der Waals surface area contributed by atoms with Crippen LogP contribution in [0.5, 0.6) is 0 Å². The molecule has 2 nitrogen and oxygen atoms in total. The van der Waals surface area contributed by atoms with Crippen molar-refractivity contribution in [3.8, 4) is 0 Å². The van der Waals surface area contributed by atoms with Crippen molar-refractivity contribution < 1.29 is 0 Å². The van der Waals surface area contributed by atoms with E-state index in [9.17, 15) is 0 Å². The minimum absolute atomic E-state index is 0.853. The molecule has 3 aromatic rings. The molecule has 2 heterocycles. The second-order valence-corrected chi connectivity index (χ2v) is 7.55. The van der Waals surface area contributed by atoms with E-state index < -0.39 is 0 Å². The number of rotatable bonds is 3. The summed E-state index contributed by atoms with van der Waals surface area (Å²) in [7, 11) is 0. The van der Waals surface area contributed by atoms with Crippen molar-refractivity contribution in [1.82, 2.24) is 4.98 Å². The summed E-state index contributed by atoms with van der Waals surface area (Å²) in [4.78, 5) is 4.46. The summed E-state index contributed by atoms with van der Waals surface area (Å²) in [6, 6.07) is 8.47. The Kier molecular flexibility index (Phi) is 3.37. The Morgan fingerprint density at radius 1 is 1.33 bits per heavy atom. The normalized spacial score (nSPS) is 11.0. The largest absolute Gasteiger partial charge is 0.381 e. The predicted molar refractivity (Wildman–Crippen MR) is 83.7 cm³/mol. The molecule has 0 amide bonds. The molecule has 0 aliphatic rings. The minimum atomic E-state index is 0.853. The first-order valence-electron chi connectivity index (χ1n) is 5.55. The molecule has 0 bridgehead atoms. The van der Waals surface area contributed by atoms with Crippen molar-refractivity contribution in [3.05, 3.63) is 44.0 Å². The molecule has 3 rings (SSSR count). The second kappa shape index (κ2) is 4.99. The summed E-state index contributed by atoms with van der Waals surface area (Å²) in [6.45, 7) is 2.89. The van der Waals surface area contributed by atoms with Crippen molar-refractivity contribution in [3.63, 3.8) is 0 Å². The molecule has 0 spiro atoms. The number of halogens is 1. The standard InChI is InChI=1S/C13H11BrN2S2/c1-8-16-11-3-2-10(5-12(11)18-8)15-6-9-4-13(14)17-7-9/h2-5,7,15H,6H2,1H3. The molecule has 0 aliphatic carbocycles. The van der Waals surface area contributed by atoms with Crippen LogP contribution in [0.25, 0.3) is 10.2 Å². The number of hydrogen-bond acceptors (Lipinski definition) is 4. The van der Waals surface area contributed by atoms with Gasteiger partial charge in [-0.15, -0.1) is 22.7 Å². The Morgan fingerprint density at radius 2 is 2.22 bits per heavy atom. The number of benzene rings is 1. The van der Waals surface area contributed by atoms with Crippen LogP contribution < -0.4 is 5.32 Å². The van der Waals surface area contributed by atoms with Crippen LogP contribution in [0.4, 0.5) is 5.69 Å². The summed E-state index contributed by atoms with van der Waals surface area (Å²) in [5.74, 6) is 0. The number of thiophene rings is 1. The summed E-state index contributed by atoms with van der Waals surface area (Å²) in [5, 5.41) is 6.71. The zero-order chi connectivity index (χ0) is 12.5. The molecule has 0 saturated carbocycles. The van der Waals surface area contributed by atoms with E-state index in [0.717, 1.165) is 22.8 Å². The van der Waals surface area contributed by atoms with E-state index in [1.165, 1.54) is 14.0 Å². The highest BCUT2D eigenvalue weighted by Crippen LogP contribution is 2.26. The van der Waals surface area contributed by atoms with Crippen LogP contribution in [-0.2, 0) is 6.54 Å². The van der Waals surface area contributed by atoms with Gasteiger partial charge in [0.25, 0.3) is 0 Å². The van der Waals surface area contributed by atoms with Crippen LogP contribution in [-0.4, -0.2) is 4.98 Å². The number of hydrogen-bond donors (Lipinski definition) is 1. The third-order valence-electron chi connectivity index (χ3n) is 2.61. The monoisotopic (exact) mass is 338 g/mol. The average molecular weight is 339 g/mol. The van der Waals surface area contributed by atoms with Gasteiger partial charge in [-0.3, -0.25) is 0 Å². The smallest absolute Gasteiger partial charge is 0.0907 e. The van der Waals surface area contributed by atoms with E-state index in [-0.39, 0.29) is 0 Å². The second-order valence-electron chi connectivity index (χ2n) is 4.03. The summed E-state index contributed by atoms with van der Waals surface area (Å²) in [5.41, 5.74) is 3.53. The Balaban J connectivity index is 1.78. The lowest BCUT2D eigenvalue weighted by atomic mass is 10.2. The molecular weight excluding hydrogens is 328 g/mol. The fourth-order valence-electron chi connectivity index (χ4n) is 1.79. The number of nitrogens with one attached hydrogen (secondary N) is 1. The molecule has 0 fully saturated rings. The van der Waals surface area contributed by atoms with E-state index in [1.54, 1.807) is 22.7 Å². The maximum Gasteiger partial charge on any atom is 0.0907 e. The van der Waals surface area contributed by atoms with Crippen molar-refractivity contribution in [2.75, 3.05) is 5.32 Å². The summed E-state index contributed by atoms with van der Waals surface area (Å²) >= 11 is 6.93. The molecular formula is C13H11BrN2S2. The van der Waals surface area contributed by atoms with Gasteiger partial charge in [0.2, 0.25) is 0 Å². The summed E-state index contributed by atoms with van der Waals surface area (Å²) < 4.78 is 2.41. The van der Waals surface area contributed by atoms with E-state index in [2.05, 4.69) is 55.9 Å². The molecule has 0 radical (unpaired) electrons. The van der Waals surface area contributed by atoms with Crippen LogP contribution in [0.1, 0.15) is 10.6 Å². The fraction of sp³-hybridized carbons (Fsp3) is 0.154. The molecule has 0 unspecified atom stereocenters. The van der Waals surface area contributed by atoms with Crippen LogP contribution in [0, 0.1) is 6.92 Å². The Labute approximate surface area is 122 Å². The molecule has 18 heavy (non-hydrogen) atoms. The number of aromatic nitrogens is 1.